The molecule has 0 aliphatic carbocycles. The fourth-order valence-electron chi connectivity index (χ4n) is 1.97. The average molecular weight is 389 g/mol. The van der Waals surface area contributed by atoms with Crippen molar-refractivity contribution in [3.63, 3.8) is 0 Å². The molecule has 2 aromatic rings. The lowest BCUT2D eigenvalue weighted by Gasteiger charge is -2.07. The summed E-state index contributed by atoms with van der Waals surface area (Å²) in [5.74, 6) is 1.96. The monoisotopic (exact) mass is 388 g/mol. The van der Waals surface area contributed by atoms with Gasteiger partial charge in [0.2, 0.25) is 0 Å². The van der Waals surface area contributed by atoms with Gasteiger partial charge in [0.1, 0.15) is 29.4 Å². The molecule has 0 saturated carbocycles. The van der Waals surface area contributed by atoms with E-state index in [1.54, 1.807) is 18.2 Å². The van der Waals surface area contributed by atoms with Crippen LogP contribution in [0.25, 0.3) is 6.08 Å². The van der Waals surface area contributed by atoms with E-state index in [0.29, 0.717) is 11.3 Å². The Kier molecular flexibility index (Phi) is 5.61. The number of hydrogen-bond acceptors (Lipinski definition) is 5. The van der Waals surface area contributed by atoms with Crippen molar-refractivity contribution in [2.24, 2.45) is 0 Å². The van der Waals surface area contributed by atoms with Crippen molar-refractivity contribution >= 4 is 27.8 Å². The van der Waals surface area contributed by atoms with Crippen molar-refractivity contribution in [3.8, 4) is 23.8 Å². The first-order valence-corrected chi connectivity index (χ1v) is 7.63. The molecule has 0 saturated heterocycles. The highest BCUT2D eigenvalue weighted by Gasteiger charge is 2.16. The Morgan fingerprint density at radius 3 is 2.88 bits per heavy atom. The van der Waals surface area contributed by atoms with Gasteiger partial charge in [-0.1, -0.05) is 21.9 Å². The summed E-state index contributed by atoms with van der Waals surface area (Å²) in [6.45, 7) is 1.58. The summed E-state index contributed by atoms with van der Waals surface area (Å²) in [5.41, 5.74) is -0.720. The molecular weight excluding hydrogens is 376 g/mol. The van der Waals surface area contributed by atoms with Gasteiger partial charge in [0.05, 0.1) is 0 Å². The maximum atomic E-state index is 12.2. The average Bonchev–Trinajstić information content (AvgIpc) is 2.51. The third-order valence-corrected chi connectivity index (χ3v) is 3.49. The molecule has 1 N–H and O–H groups in total. The lowest BCUT2D eigenvalue weighted by Crippen LogP contribution is -2.13. The lowest BCUT2D eigenvalue weighted by atomic mass is 10.1. The van der Waals surface area contributed by atoms with Crippen molar-refractivity contribution in [1.82, 2.24) is 0 Å². The largest absolute Gasteiger partial charge is 0.507 e. The van der Waals surface area contributed by atoms with E-state index < -0.39 is 22.7 Å². The van der Waals surface area contributed by atoms with Crippen molar-refractivity contribution in [2.45, 2.75) is 6.92 Å². The van der Waals surface area contributed by atoms with Crippen LogP contribution < -0.4 is 10.4 Å². The van der Waals surface area contributed by atoms with Gasteiger partial charge in [0.15, 0.2) is 5.78 Å². The lowest BCUT2D eigenvalue weighted by molar-refractivity contribution is 0.104. The predicted octanol–water partition coefficient (Wildman–Crippen LogP) is 3.32. The molecule has 24 heavy (non-hydrogen) atoms. The van der Waals surface area contributed by atoms with Crippen molar-refractivity contribution in [2.75, 3.05) is 6.61 Å². The molecule has 0 fully saturated rings. The highest BCUT2D eigenvalue weighted by atomic mass is 79.9. The molecule has 0 radical (unpaired) electrons. The zero-order valence-electron chi connectivity index (χ0n) is 12.7. The minimum absolute atomic E-state index is 0.0821. The Morgan fingerprint density at radius 2 is 2.21 bits per heavy atom. The number of terminal acetylenes is 1. The van der Waals surface area contributed by atoms with Gasteiger partial charge in [-0.15, -0.1) is 6.42 Å². The van der Waals surface area contributed by atoms with Gasteiger partial charge in [0, 0.05) is 16.1 Å². The van der Waals surface area contributed by atoms with Crippen LogP contribution in [0.2, 0.25) is 0 Å². The van der Waals surface area contributed by atoms with Crippen LogP contribution in [-0.4, -0.2) is 17.5 Å². The Morgan fingerprint density at radius 1 is 1.46 bits per heavy atom. The molecule has 0 spiro atoms. The van der Waals surface area contributed by atoms with E-state index in [4.69, 9.17) is 15.6 Å². The number of rotatable bonds is 5. The molecule has 1 aromatic carbocycles. The summed E-state index contributed by atoms with van der Waals surface area (Å²) in [5, 5.41) is 9.79. The number of halogens is 1. The summed E-state index contributed by atoms with van der Waals surface area (Å²) in [6.07, 6.45) is 7.80. The predicted molar refractivity (Wildman–Crippen MR) is 93.2 cm³/mol. The topological polar surface area (TPSA) is 76.7 Å². The standard InChI is InChI=1S/C18H13BrO5/c1-3-8-23-16-7-5-13(19)10-12(16)4-6-14(20)17-15(21)9-11(2)24-18(17)22/h1,4-7,9-10,21H,8H2,2H3/b6-4+. The number of aryl methyl sites for hydroxylation is 1. The molecule has 5 nitrogen and oxygen atoms in total. The molecule has 0 bridgehead atoms. The highest BCUT2D eigenvalue weighted by Crippen LogP contribution is 2.25. The van der Waals surface area contributed by atoms with E-state index >= 15 is 0 Å². The number of carbonyl (C=O) groups excluding carboxylic acids is 1. The van der Waals surface area contributed by atoms with Gasteiger partial charge in [0.25, 0.3) is 0 Å². The van der Waals surface area contributed by atoms with Gasteiger partial charge in [-0.05, 0) is 37.3 Å². The number of benzene rings is 1. The van der Waals surface area contributed by atoms with Gasteiger partial charge in [-0.3, -0.25) is 4.79 Å². The van der Waals surface area contributed by atoms with Gasteiger partial charge < -0.3 is 14.3 Å². The SMILES string of the molecule is C#CCOc1ccc(Br)cc1/C=C/C(=O)c1c(O)cc(C)oc1=O. The second kappa shape index (κ2) is 7.66. The van der Waals surface area contributed by atoms with Gasteiger partial charge in [-0.25, -0.2) is 4.79 Å². The molecule has 0 atom stereocenters. The fourth-order valence-corrected chi connectivity index (χ4v) is 2.35. The van der Waals surface area contributed by atoms with E-state index in [0.717, 1.165) is 10.5 Å². The zero-order chi connectivity index (χ0) is 17.7. The number of allylic oxidation sites excluding steroid dienone is 1. The third kappa shape index (κ3) is 4.15. The number of ketones is 1. The minimum Gasteiger partial charge on any atom is -0.507 e. The van der Waals surface area contributed by atoms with E-state index in [1.165, 1.54) is 19.1 Å². The maximum Gasteiger partial charge on any atom is 0.351 e. The van der Waals surface area contributed by atoms with Crippen molar-refractivity contribution in [3.05, 3.63) is 62.1 Å². The van der Waals surface area contributed by atoms with Crippen LogP contribution in [0.4, 0.5) is 0 Å². The Labute approximate surface area is 146 Å². The molecule has 2 rings (SSSR count). The third-order valence-electron chi connectivity index (χ3n) is 3.00. The second-order valence-electron chi connectivity index (χ2n) is 4.78. The molecule has 1 aromatic heterocycles. The quantitative estimate of drug-likeness (QED) is 0.482. The second-order valence-corrected chi connectivity index (χ2v) is 5.69. The molecule has 6 heteroatoms. The summed E-state index contributed by atoms with van der Waals surface area (Å²) in [6, 6.07) is 6.41. The zero-order valence-corrected chi connectivity index (χ0v) is 14.3. The number of hydrogen-bond donors (Lipinski definition) is 1. The first-order valence-electron chi connectivity index (χ1n) is 6.84. The Balaban J connectivity index is 2.35. The van der Waals surface area contributed by atoms with E-state index in [2.05, 4.69) is 21.9 Å². The van der Waals surface area contributed by atoms with Crippen LogP contribution in [0, 0.1) is 19.3 Å². The first kappa shape index (κ1) is 17.6. The van der Waals surface area contributed by atoms with Gasteiger partial charge in [-0.2, -0.15) is 0 Å². The molecule has 1 heterocycles. The maximum absolute atomic E-state index is 12.2. The number of carbonyl (C=O) groups is 1. The summed E-state index contributed by atoms with van der Waals surface area (Å²) < 4.78 is 11.0. The van der Waals surface area contributed by atoms with Gasteiger partial charge >= 0.3 is 5.63 Å². The van der Waals surface area contributed by atoms with Crippen LogP contribution in [-0.2, 0) is 0 Å². The molecule has 0 aliphatic heterocycles. The highest BCUT2D eigenvalue weighted by molar-refractivity contribution is 9.10. The smallest absolute Gasteiger partial charge is 0.351 e. The van der Waals surface area contributed by atoms with E-state index in [-0.39, 0.29) is 12.4 Å². The molecule has 0 amide bonds. The molecule has 0 unspecified atom stereocenters. The summed E-state index contributed by atoms with van der Waals surface area (Å²) >= 11 is 3.33. The molecule has 0 aliphatic rings. The molecule has 122 valence electrons. The summed E-state index contributed by atoms with van der Waals surface area (Å²) in [7, 11) is 0. The molecular formula is C18H13BrO5. The summed E-state index contributed by atoms with van der Waals surface area (Å²) in [4.78, 5) is 23.9. The number of aromatic hydroxyl groups is 1. The van der Waals surface area contributed by atoms with Crippen LogP contribution in [0.5, 0.6) is 11.5 Å². The number of ether oxygens (including phenoxy) is 1. The first-order chi connectivity index (χ1) is 11.4. The fraction of sp³-hybridized carbons (Fsp3) is 0.111. The minimum atomic E-state index is -0.889. The van der Waals surface area contributed by atoms with Crippen LogP contribution in [0.3, 0.4) is 0 Å². The van der Waals surface area contributed by atoms with Crippen molar-refractivity contribution < 1.29 is 19.1 Å². The van der Waals surface area contributed by atoms with Crippen LogP contribution in [0.1, 0.15) is 21.7 Å². The van der Waals surface area contributed by atoms with Crippen molar-refractivity contribution in [1.29, 1.82) is 0 Å². The Hall–Kier alpha value is -2.78. The van der Waals surface area contributed by atoms with E-state index in [9.17, 15) is 14.7 Å². The Bertz CT molecular complexity index is 903. The van der Waals surface area contributed by atoms with Crippen LogP contribution >= 0.6 is 15.9 Å². The van der Waals surface area contributed by atoms with Crippen LogP contribution in [0.15, 0.2) is 44.0 Å². The normalized spacial score (nSPS) is 10.5. The van der Waals surface area contributed by atoms with E-state index in [1.807, 2.05) is 0 Å².